The Morgan fingerprint density at radius 1 is 1.53 bits per heavy atom. The second-order valence-corrected chi connectivity index (χ2v) is 3.94. The second kappa shape index (κ2) is 3.15. The molecule has 0 aliphatic carbocycles. The number of nitrogens with one attached hydrogen (secondary N) is 1. The molecule has 0 radical (unpaired) electrons. The van der Waals surface area contributed by atoms with E-state index in [2.05, 4.69) is 10.4 Å². The third-order valence-electron chi connectivity index (χ3n) is 2.57. The quantitative estimate of drug-likeness (QED) is 0.726. The first kappa shape index (κ1) is 10.3. The van der Waals surface area contributed by atoms with Crippen LogP contribution in [0.2, 0.25) is 0 Å². The van der Waals surface area contributed by atoms with Gasteiger partial charge in [0.1, 0.15) is 11.9 Å². The van der Waals surface area contributed by atoms with E-state index in [0.29, 0.717) is 5.82 Å². The summed E-state index contributed by atoms with van der Waals surface area (Å²) in [6.07, 6.45) is -4.17. The molecule has 2 atom stereocenters. The topological polar surface area (TPSA) is 29.9 Å². The highest BCUT2D eigenvalue weighted by Crippen LogP contribution is 2.34. The second-order valence-electron chi connectivity index (χ2n) is 3.94. The van der Waals surface area contributed by atoms with Gasteiger partial charge in [0.2, 0.25) is 0 Å². The van der Waals surface area contributed by atoms with Gasteiger partial charge in [-0.2, -0.15) is 18.3 Å². The third-order valence-corrected chi connectivity index (χ3v) is 2.57. The fraction of sp³-hybridized carbons (Fsp3) is 0.667. The van der Waals surface area contributed by atoms with E-state index in [0.717, 1.165) is 5.69 Å². The molecule has 6 heteroatoms. The highest BCUT2D eigenvalue weighted by Gasteiger charge is 2.43. The average molecular weight is 219 g/mol. The summed E-state index contributed by atoms with van der Waals surface area (Å²) in [5.74, 6) is 0.452. The maximum Gasteiger partial charge on any atom is 0.408 e. The van der Waals surface area contributed by atoms with Crippen LogP contribution in [0.4, 0.5) is 19.0 Å². The van der Waals surface area contributed by atoms with Gasteiger partial charge in [-0.25, -0.2) is 4.68 Å². The van der Waals surface area contributed by atoms with Crippen LogP contribution in [0.3, 0.4) is 0 Å². The Morgan fingerprint density at radius 2 is 2.20 bits per heavy atom. The summed E-state index contributed by atoms with van der Waals surface area (Å²) in [4.78, 5) is 0. The predicted molar refractivity (Wildman–Crippen MR) is 49.8 cm³/mol. The Labute approximate surface area is 85.3 Å². The molecule has 15 heavy (non-hydrogen) atoms. The van der Waals surface area contributed by atoms with Gasteiger partial charge in [0.25, 0.3) is 0 Å². The van der Waals surface area contributed by atoms with Crippen molar-refractivity contribution in [2.24, 2.45) is 0 Å². The molecule has 1 aliphatic rings. The first-order valence-electron chi connectivity index (χ1n) is 4.77. The number of anilines is 1. The van der Waals surface area contributed by atoms with E-state index >= 15 is 0 Å². The first-order valence-corrected chi connectivity index (χ1v) is 4.77. The van der Waals surface area contributed by atoms with Crippen molar-refractivity contribution in [1.82, 2.24) is 9.78 Å². The van der Waals surface area contributed by atoms with Gasteiger partial charge in [0.05, 0.1) is 11.7 Å². The molecule has 0 spiro atoms. The lowest BCUT2D eigenvalue weighted by atomic mass is 10.1. The number of nitrogens with zero attached hydrogens (tertiary/aromatic N) is 2. The minimum atomic E-state index is -4.20. The van der Waals surface area contributed by atoms with E-state index in [1.807, 2.05) is 0 Å². The molecule has 0 amide bonds. The van der Waals surface area contributed by atoms with Crippen LogP contribution in [0.25, 0.3) is 0 Å². The molecule has 3 nitrogen and oxygen atoms in total. The summed E-state index contributed by atoms with van der Waals surface area (Å²) >= 11 is 0. The van der Waals surface area contributed by atoms with Gasteiger partial charge in [-0.1, -0.05) is 0 Å². The number of halogens is 3. The van der Waals surface area contributed by atoms with Gasteiger partial charge in [0, 0.05) is 6.07 Å². The van der Waals surface area contributed by atoms with Crippen LogP contribution in [0.5, 0.6) is 0 Å². The van der Waals surface area contributed by atoms with Crippen molar-refractivity contribution in [1.29, 1.82) is 0 Å². The van der Waals surface area contributed by atoms with Crippen LogP contribution in [-0.2, 0) is 0 Å². The third kappa shape index (κ3) is 1.80. The Morgan fingerprint density at radius 3 is 2.80 bits per heavy atom. The molecule has 0 fully saturated rings. The highest BCUT2D eigenvalue weighted by molar-refractivity contribution is 5.40. The maximum absolute atomic E-state index is 12.5. The van der Waals surface area contributed by atoms with E-state index in [9.17, 15) is 13.2 Å². The van der Waals surface area contributed by atoms with Gasteiger partial charge in [-0.3, -0.25) is 0 Å². The van der Waals surface area contributed by atoms with Crippen molar-refractivity contribution in [3.8, 4) is 0 Å². The van der Waals surface area contributed by atoms with E-state index in [-0.39, 0.29) is 12.5 Å². The van der Waals surface area contributed by atoms with Gasteiger partial charge in [-0.05, 0) is 20.3 Å². The number of hydrogen-bond acceptors (Lipinski definition) is 2. The smallest absolute Gasteiger partial charge is 0.359 e. The first-order chi connectivity index (χ1) is 6.88. The zero-order valence-corrected chi connectivity index (χ0v) is 8.47. The van der Waals surface area contributed by atoms with Crippen LogP contribution in [-0.4, -0.2) is 22.0 Å². The Balaban J connectivity index is 2.30. The van der Waals surface area contributed by atoms with Crippen LogP contribution < -0.4 is 5.32 Å². The summed E-state index contributed by atoms with van der Waals surface area (Å²) in [5, 5.41) is 6.60. The maximum atomic E-state index is 12.5. The number of alkyl halides is 3. The van der Waals surface area contributed by atoms with Gasteiger partial charge >= 0.3 is 6.18 Å². The van der Waals surface area contributed by atoms with E-state index in [1.165, 1.54) is 0 Å². The van der Waals surface area contributed by atoms with Crippen molar-refractivity contribution in [2.45, 2.75) is 38.5 Å². The van der Waals surface area contributed by atoms with Crippen LogP contribution in [0.15, 0.2) is 6.07 Å². The van der Waals surface area contributed by atoms with E-state index in [4.69, 9.17) is 0 Å². The Bertz CT molecular complexity index is 369. The molecule has 0 aromatic carbocycles. The monoisotopic (exact) mass is 219 g/mol. The average Bonchev–Trinajstić information content (AvgIpc) is 2.44. The lowest BCUT2D eigenvalue weighted by molar-refractivity contribution is -0.147. The molecular weight excluding hydrogens is 207 g/mol. The molecule has 0 saturated heterocycles. The Hall–Kier alpha value is -1.20. The van der Waals surface area contributed by atoms with Crippen molar-refractivity contribution in [2.75, 3.05) is 5.32 Å². The normalized spacial score (nSPS) is 25.9. The lowest BCUT2D eigenvalue weighted by Gasteiger charge is -2.31. The summed E-state index contributed by atoms with van der Waals surface area (Å²) < 4.78 is 39.2. The molecule has 1 aliphatic heterocycles. The van der Waals surface area contributed by atoms with Gasteiger partial charge in [0.15, 0.2) is 0 Å². The molecular formula is C9H12F3N3. The predicted octanol–water partition coefficient (Wildman–Crippen LogP) is 2.50. The SMILES string of the molecule is Cc1cc2n(n1)[C@@H](C)C[C@@H](C(F)(F)F)N2. The number of aromatic nitrogens is 2. The molecule has 1 N–H and O–H groups in total. The van der Waals surface area contributed by atoms with Crippen molar-refractivity contribution < 1.29 is 13.2 Å². The number of aryl methyl sites for hydroxylation is 1. The summed E-state index contributed by atoms with van der Waals surface area (Å²) in [6, 6.07) is -0.0494. The van der Waals surface area contributed by atoms with Crippen LogP contribution >= 0.6 is 0 Å². The summed E-state index contributed by atoms with van der Waals surface area (Å²) in [7, 11) is 0. The fourth-order valence-corrected chi connectivity index (χ4v) is 1.85. The molecule has 0 unspecified atom stereocenters. The molecule has 1 aromatic rings. The summed E-state index contributed by atoms with van der Waals surface area (Å²) in [6.45, 7) is 3.51. The lowest BCUT2D eigenvalue weighted by Crippen LogP contribution is -2.42. The zero-order valence-electron chi connectivity index (χ0n) is 8.47. The molecule has 0 saturated carbocycles. The fourth-order valence-electron chi connectivity index (χ4n) is 1.85. The highest BCUT2D eigenvalue weighted by atomic mass is 19.4. The molecule has 2 heterocycles. The van der Waals surface area contributed by atoms with Crippen LogP contribution in [0.1, 0.15) is 25.1 Å². The standard InChI is InChI=1S/C9H12F3N3/c1-5-3-8-13-7(9(10,11)12)4-6(2)15(8)14-5/h3,6-7,13H,4H2,1-2H3/t6-,7-/m0/s1. The van der Waals surface area contributed by atoms with E-state index in [1.54, 1.807) is 24.6 Å². The zero-order chi connectivity index (χ0) is 11.2. The van der Waals surface area contributed by atoms with Crippen molar-refractivity contribution >= 4 is 5.82 Å². The molecule has 84 valence electrons. The van der Waals surface area contributed by atoms with Gasteiger partial charge in [-0.15, -0.1) is 0 Å². The molecule has 2 rings (SSSR count). The summed E-state index contributed by atoms with van der Waals surface area (Å²) in [5.41, 5.74) is 0.729. The Kier molecular flexibility index (Phi) is 2.17. The van der Waals surface area contributed by atoms with Crippen molar-refractivity contribution in [3.05, 3.63) is 11.8 Å². The van der Waals surface area contributed by atoms with Gasteiger partial charge < -0.3 is 5.32 Å². The molecule has 0 bridgehead atoms. The largest absolute Gasteiger partial charge is 0.408 e. The number of hydrogen-bond donors (Lipinski definition) is 1. The minimum Gasteiger partial charge on any atom is -0.359 e. The number of rotatable bonds is 0. The number of fused-ring (bicyclic) bond motifs is 1. The minimum absolute atomic E-state index is 0.0254. The van der Waals surface area contributed by atoms with Crippen molar-refractivity contribution in [3.63, 3.8) is 0 Å². The van der Waals surface area contributed by atoms with Crippen LogP contribution in [0, 0.1) is 6.92 Å². The molecule has 1 aromatic heterocycles. The van der Waals surface area contributed by atoms with E-state index < -0.39 is 12.2 Å².